The van der Waals surface area contributed by atoms with Crippen LogP contribution in [0.1, 0.15) is 17.2 Å². The average Bonchev–Trinajstić information content (AvgIpc) is 2.76. The highest BCUT2D eigenvalue weighted by molar-refractivity contribution is 6.42. The summed E-state index contributed by atoms with van der Waals surface area (Å²) < 4.78 is 44.8. The van der Waals surface area contributed by atoms with Crippen molar-refractivity contribution in [2.45, 2.75) is 12.2 Å². The van der Waals surface area contributed by atoms with Gasteiger partial charge in [-0.1, -0.05) is 35.3 Å². The van der Waals surface area contributed by atoms with Crippen LogP contribution in [0.3, 0.4) is 0 Å². The van der Waals surface area contributed by atoms with Gasteiger partial charge in [-0.05, 0) is 24.3 Å². The molecule has 0 saturated carbocycles. The number of hydrogen-bond acceptors (Lipinski definition) is 3. The lowest BCUT2D eigenvalue weighted by atomic mass is 10.0. The van der Waals surface area contributed by atoms with Crippen LogP contribution in [0, 0.1) is 0 Å². The Kier molecular flexibility index (Phi) is 5.21. The molecule has 1 unspecified atom stereocenters. The van der Waals surface area contributed by atoms with Crippen molar-refractivity contribution in [2.24, 2.45) is 0 Å². The number of benzene rings is 2. The Morgan fingerprint density at radius 2 is 1.93 bits per heavy atom. The topological polar surface area (TPSA) is 67.4 Å². The summed E-state index contributed by atoms with van der Waals surface area (Å²) >= 11 is 11.7. The Morgan fingerprint density at radius 3 is 2.59 bits per heavy atom. The lowest BCUT2D eigenvalue weighted by Gasteiger charge is -2.19. The van der Waals surface area contributed by atoms with E-state index in [1.54, 1.807) is 0 Å². The maximum atomic E-state index is 13.2. The normalized spacial score (nSPS) is 16.6. The van der Waals surface area contributed by atoms with Gasteiger partial charge < -0.3 is 15.4 Å². The molecule has 5 nitrogen and oxygen atoms in total. The van der Waals surface area contributed by atoms with Crippen LogP contribution >= 0.6 is 23.2 Å². The third-order valence-corrected chi connectivity index (χ3v) is 4.50. The van der Waals surface area contributed by atoms with Crippen molar-refractivity contribution in [2.75, 3.05) is 11.9 Å². The molecule has 0 radical (unpaired) electrons. The number of hydrogen-bond donors (Lipinski definition) is 2. The van der Waals surface area contributed by atoms with Gasteiger partial charge in [0.2, 0.25) is 0 Å². The number of halogens is 5. The second kappa shape index (κ2) is 7.28. The zero-order valence-electron chi connectivity index (χ0n) is 13.4. The number of ether oxygens (including phenoxy) is 1. The maximum Gasteiger partial charge on any atom is 0.419 e. The van der Waals surface area contributed by atoms with E-state index in [1.165, 1.54) is 24.3 Å². The number of fused-ring (bicyclic) bond motifs is 1. The van der Waals surface area contributed by atoms with Gasteiger partial charge >= 0.3 is 6.18 Å². The molecule has 3 rings (SSSR count). The van der Waals surface area contributed by atoms with Crippen molar-refractivity contribution in [3.05, 3.63) is 57.6 Å². The van der Waals surface area contributed by atoms with E-state index in [9.17, 15) is 22.8 Å². The number of amides is 2. The number of anilines is 1. The zero-order valence-corrected chi connectivity index (χ0v) is 14.9. The van der Waals surface area contributed by atoms with Crippen molar-refractivity contribution >= 4 is 40.7 Å². The Balaban J connectivity index is 1.98. The SMILES string of the molecule is O=C1COc2c(cccc2C(F)(F)F)C(C(=O)Nc2ccc(Cl)c(Cl)c2)N1. The molecule has 2 aromatic rings. The molecule has 0 fully saturated rings. The van der Waals surface area contributed by atoms with E-state index in [1.807, 2.05) is 0 Å². The van der Waals surface area contributed by atoms with Gasteiger partial charge in [-0.2, -0.15) is 13.2 Å². The monoisotopic (exact) mass is 418 g/mol. The summed E-state index contributed by atoms with van der Waals surface area (Å²) in [4.78, 5) is 24.5. The average molecular weight is 419 g/mol. The van der Waals surface area contributed by atoms with Gasteiger partial charge in [0.05, 0.1) is 15.6 Å². The van der Waals surface area contributed by atoms with Crippen LogP contribution in [0.5, 0.6) is 5.75 Å². The first-order chi connectivity index (χ1) is 12.7. The minimum atomic E-state index is -4.70. The molecular weight excluding hydrogens is 408 g/mol. The van der Waals surface area contributed by atoms with Crippen molar-refractivity contribution in [1.29, 1.82) is 0 Å². The van der Waals surface area contributed by atoms with E-state index in [0.29, 0.717) is 0 Å². The third-order valence-electron chi connectivity index (χ3n) is 3.76. The predicted octanol–water partition coefficient (Wildman–Crippen LogP) is 4.20. The van der Waals surface area contributed by atoms with Crippen LogP contribution in [-0.4, -0.2) is 18.4 Å². The minimum absolute atomic E-state index is 0.103. The second-order valence-electron chi connectivity index (χ2n) is 5.63. The molecule has 2 N–H and O–H groups in total. The zero-order chi connectivity index (χ0) is 19.8. The van der Waals surface area contributed by atoms with Crippen LogP contribution in [0.25, 0.3) is 0 Å². The standard InChI is InChI=1S/C17H11Cl2F3N2O3/c18-11-5-4-8(6-12(11)19)23-16(26)14-9-2-1-3-10(17(20,21)22)15(9)27-7-13(25)24-14/h1-6,14H,7H2,(H,23,26)(H,24,25). The lowest BCUT2D eigenvalue weighted by Crippen LogP contribution is -2.37. The highest BCUT2D eigenvalue weighted by Gasteiger charge is 2.39. The maximum absolute atomic E-state index is 13.2. The third kappa shape index (κ3) is 4.12. The Bertz CT molecular complexity index is 919. The quantitative estimate of drug-likeness (QED) is 0.767. The fourth-order valence-electron chi connectivity index (χ4n) is 2.58. The van der Waals surface area contributed by atoms with Gasteiger partial charge in [0.25, 0.3) is 11.8 Å². The molecule has 1 atom stereocenters. The summed E-state index contributed by atoms with van der Waals surface area (Å²) in [5.74, 6) is -2.04. The van der Waals surface area contributed by atoms with Crippen LogP contribution in [-0.2, 0) is 15.8 Å². The van der Waals surface area contributed by atoms with Crippen LogP contribution in [0.15, 0.2) is 36.4 Å². The van der Waals surface area contributed by atoms with Crippen molar-refractivity contribution < 1.29 is 27.5 Å². The first kappa shape index (κ1) is 19.3. The second-order valence-corrected chi connectivity index (χ2v) is 6.44. The molecule has 0 aromatic heterocycles. The van der Waals surface area contributed by atoms with E-state index < -0.39 is 42.0 Å². The summed E-state index contributed by atoms with van der Waals surface area (Å²) in [6, 6.07) is 6.16. The molecule has 142 valence electrons. The van der Waals surface area contributed by atoms with Gasteiger partial charge in [-0.15, -0.1) is 0 Å². The summed E-state index contributed by atoms with van der Waals surface area (Å²) in [5.41, 5.74) is -0.903. The molecule has 27 heavy (non-hydrogen) atoms. The number of nitrogens with one attached hydrogen (secondary N) is 2. The first-order valence-corrected chi connectivity index (χ1v) is 8.30. The van der Waals surface area contributed by atoms with Crippen LogP contribution in [0.4, 0.5) is 18.9 Å². The molecular formula is C17H11Cl2F3N2O3. The molecule has 1 aliphatic rings. The van der Waals surface area contributed by atoms with Gasteiger partial charge in [0.15, 0.2) is 6.61 Å². The highest BCUT2D eigenvalue weighted by atomic mass is 35.5. The molecule has 0 bridgehead atoms. The summed E-state index contributed by atoms with van der Waals surface area (Å²) in [5, 5.41) is 5.30. The number of para-hydroxylation sites is 1. The number of rotatable bonds is 2. The van der Waals surface area contributed by atoms with Crippen molar-refractivity contribution in [1.82, 2.24) is 5.32 Å². The highest BCUT2D eigenvalue weighted by Crippen LogP contribution is 2.41. The molecule has 0 aliphatic carbocycles. The number of carbonyl (C=O) groups is 2. The molecule has 1 aliphatic heterocycles. The molecule has 0 spiro atoms. The Hall–Kier alpha value is -2.45. The fraction of sp³-hybridized carbons (Fsp3) is 0.176. The Labute approximate surface area is 161 Å². The van der Waals surface area contributed by atoms with Gasteiger partial charge in [-0.25, -0.2) is 0 Å². The van der Waals surface area contributed by atoms with E-state index in [0.717, 1.165) is 12.1 Å². The van der Waals surface area contributed by atoms with Gasteiger partial charge in [0.1, 0.15) is 11.8 Å². The Morgan fingerprint density at radius 1 is 1.19 bits per heavy atom. The van der Waals surface area contributed by atoms with Gasteiger partial charge in [0, 0.05) is 11.3 Å². The predicted molar refractivity (Wildman–Crippen MR) is 92.9 cm³/mol. The van der Waals surface area contributed by atoms with Crippen LogP contribution in [0.2, 0.25) is 10.0 Å². The summed E-state index contributed by atoms with van der Waals surface area (Å²) in [7, 11) is 0. The van der Waals surface area contributed by atoms with E-state index in [2.05, 4.69) is 10.6 Å². The smallest absolute Gasteiger partial charge is 0.419 e. The van der Waals surface area contributed by atoms with Crippen LogP contribution < -0.4 is 15.4 Å². The minimum Gasteiger partial charge on any atom is -0.483 e. The molecule has 1 heterocycles. The molecule has 2 amide bonds. The molecule has 0 saturated heterocycles. The summed E-state index contributed by atoms with van der Waals surface area (Å²) in [6.07, 6.45) is -4.70. The van der Waals surface area contributed by atoms with E-state index >= 15 is 0 Å². The first-order valence-electron chi connectivity index (χ1n) is 7.55. The van der Waals surface area contributed by atoms with Crippen molar-refractivity contribution in [3.63, 3.8) is 0 Å². The van der Waals surface area contributed by atoms with E-state index in [-0.39, 0.29) is 21.3 Å². The summed E-state index contributed by atoms with van der Waals surface area (Å²) in [6.45, 7) is -0.642. The van der Waals surface area contributed by atoms with E-state index in [4.69, 9.17) is 27.9 Å². The number of carbonyl (C=O) groups excluding carboxylic acids is 2. The number of alkyl halides is 3. The van der Waals surface area contributed by atoms with Crippen molar-refractivity contribution in [3.8, 4) is 5.75 Å². The van der Waals surface area contributed by atoms with Gasteiger partial charge in [-0.3, -0.25) is 9.59 Å². The molecule has 10 heteroatoms. The molecule has 2 aromatic carbocycles. The lowest BCUT2D eigenvalue weighted by molar-refractivity contribution is -0.139. The fourth-order valence-corrected chi connectivity index (χ4v) is 2.88. The largest absolute Gasteiger partial charge is 0.483 e.